The molecule has 0 saturated heterocycles. The van der Waals surface area contributed by atoms with Crippen molar-refractivity contribution in [2.75, 3.05) is 0 Å². The van der Waals surface area contributed by atoms with Gasteiger partial charge in [-0.15, -0.1) is 0 Å². The molecule has 0 heterocycles. The summed E-state index contributed by atoms with van der Waals surface area (Å²) in [7, 11) is -4.17. The van der Waals surface area contributed by atoms with Crippen molar-refractivity contribution in [3.05, 3.63) is 11.4 Å². The Labute approximate surface area is 45.8 Å². The molecule has 0 aromatic carbocycles. The molecule has 3 nitrogen and oxygen atoms in total. The third-order valence-corrected chi connectivity index (χ3v) is 1.61. The SMILES string of the molecule is C=C(Cl)P(=O)(O)O. The van der Waals surface area contributed by atoms with Gasteiger partial charge >= 0.3 is 7.60 Å². The second-order valence-corrected chi connectivity index (χ2v) is 3.27. The molecule has 0 amide bonds. The standard InChI is InChI=1S/C2H4ClO3P/c1-2(3)7(4,5)6/h1H2,(H2,4,5,6). The predicted molar refractivity (Wildman–Crippen MR) is 27.0 cm³/mol. The molecular formula is C2H4ClO3P. The first-order valence-electron chi connectivity index (χ1n) is 1.35. The van der Waals surface area contributed by atoms with Crippen molar-refractivity contribution >= 4 is 19.2 Å². The van der Waals surface area contributed by atoms with Crippen LogP contribution >= 0.6 is 19.2 Å². The van der Waals surface area contributed by atoms with Crippen LogP contribution in [0.2, 0.25) is 0 Å². The molecule has 0 radical (unpaired) electrons. The van der Waals surface area contributed by atoms with Crippen LogP contribution in [0.5, 0.6) is 0 Å². The molecule has 0 spiro atoms. The van der Waals surface area contributed by atoms with Crippen LogP contribution in [-0.4, -0.2) is 9.79 Å². The van der Waals surface area contributed by atoms with Crippen molar-refractivity contribution < 1.29 is 14.4 Å². The van der Waals surface area contributed by atoms with Crippen molar-refractivity contribution in [1.29, 1.82) is 0 Å². The summed E-state index contributed by atoms with van der Waals surface area (Å²) in [5, 5.41) is 0. The molecule has 42 valence electrons. The molecule has 2 N–H and O–H groups in total. The van der Waals surface area contributed by atoms with E-state index in [4.69, 9.17) is 21.4 Å². The van der Waals surface area contributed by atoms with Crippen LogP contribution in [0.15, 0.2) is 11.4 Å². The number of rotatable bonds is 1. The number of hydrogen-bond acceptors (Lipinski definition) is 1. The lowest BCUT2D eigenvalue weighted by atomic mass is 11.3. The molecule has 0 bridgehead atoms. The van der Waals surface area contributed by atoms with Crippen molar-refractivity contribution in [3.8, 4) is 0 Å². The summed E-state index contributed by atoms with van der Waals surface area (Å²) in [6.45, 7) is 2.83. The van der Waals surface area contributed by atoms with Gasteiger partial charge in [-0.1, -0.05) is 18.2 Å². The molecule has 0 aliphatic carbocycles. The van der Waals surface area contributed by atoms with Gasteiger partial charge in [-0.05, 0) is 0 Å². The van der Waals surface area contributed by atoms with E-state index in [0.29, 0.717) is 0 Å². The summed E-state index contributed by atoms with van der Waals surface area (Å²) in [6, 6.07) is 0. The fourth-order valence-electron chi connectivity index (χ4n) is 0. The van der Waals surface area contributed by atoms with Crippen molar-refractivity contribution in [2.24, 2.45) is 0 Å². The third kappa shape index (κ3) is 2.83. The average molecular weight is 142 g/mol. The highest BCUT2D eigenvalue weighted by atomic mass is 35.5. The Kier molecular flexibility index (Phi) is 2.02. The molecule has 0 aliphatic rings. The highest BCUT2D eigenvalue weighted by molar-refractivity contribution is 7.59. The third-order valence-electron chi connectivity index (χ3n) is 0.316. The maximum atomic E-state index is 9.79. The number of hydrogen-bond donors (Lipinski definition) is 2. The van der Waals surface area contributed by atoms with Crippen LogP contribution in [-0.2, 0) is 4.57 Å². The van der Waals surface area contributed by atoms with E-state index in [1.54, 1.807) is 0 Å². The second kappa shape index (κ2) is 1.97. The van der Waals surface area contributed by atoms with E-state index in [1.807, 2.05) is 0 Å². The molecule has 0 saturated carbocycles. The molecule has 7 heavy (non-hydrogen) atoms. The van der Waals surface area contributed by atoms with Crippen molar-refractivity contribution in [3.63, 3.8) is 0 Å². The molecule has 0 aliphatic heterocycles. The van der Waals surface area contributed by atoms with Crippen molar-refractivity contribution in [2.45, 2.75) is 0 Å². The lowest BCUT2D eigenvalue weighted by molar-refractivity contribution is 0.385. The molecular weight excluding hydrogens is 138 g/mol. The molecule has 0 atom stereocenters. The maximum absolute atomic E-state index is 9.79. The Hall–Kier alpha value is 0.180. The van der Waals surface area contributed by atoms with Crippen LogP contribution < -0.4 is 0 Å². The summed E-state index contributed by atoms with van der Waals surface area (Å²) in [5.74, 6) is 0. The highest BCUT2D eigenvalue weighted by Gasteiger charge is 2.14. The normalized spacial score (nSPS) is 11.3. The Morgan fingerprint density at radius 2 is 1.86 bits per heavy atom. The molecule has 0 rings (SSSR count). The summed E-state index contributed by atoms with van der Waals surface area (Å²) < 4.78 is 9.18. The van der Waals surface area contributed by atoms with E-state index in [2.05, 4.69) is 6.58 Å². The first-order valence-corrected chi connectivity index (χ1v) is 3.34. The number of halogens is 1. The second-order valence-electron chi connectivity index (χ2n) is 0.920. The Morgan fingerprint density at radius 3 is 1.86 bits per heavy atom. The van der Waals surface area contributed by atoms with Crippen LogP contribution in [0.4, 0.5) is 0 Å². The zero-order chi connectivity index (χ0) is 6.08. The zero-order valence-electron chi connectivity index (χ0n) is 3.33. The van der Waals surface area contributed by atoms with Crippen molar-refractivity contribution in [1.82, 2.24) is 0 Å². The van der Waals surface area contributed by atoms with Gasteiger partial charge in [0.1, 0.15) is 4.77 Å². The van der Waals surface area contributed by atoms with Crippen LogP contribution in [0, 0.1) is 0 Å². The minimum atomic E-state index is -4.17. The fraction of sp³-hybridized carbons (Fsp3) is 0. The van der Waals surface area contributed by atoms with Gasteiger partial charge in [-0.2, -0.15) is 0 Å². The molecule has 0 unspecified atom stereocenters. The van der Waals surface area contributed by atoms with Gasteiger partial charge in [-0.25, -0.2) is 0 Å². The Balaban J connectivity index is 4.09. The van der Waals surface area contributed by atoms with Gasteiger partial charge < -0.3 is 9.79 Å². The molecule has 0 fully saturated rings. The van der Waals surface area contributed by atoms with Gasteiger partial charge in [0, 0.05) is 0 Å². The van der Waals surface area contributed by atoms with E-state index in [1.165, 1.54) is 0 Å². The van der Waals surface area contributed by atoms with Crippen LogP contribution in [0.25, 0.3) is 0 Å². The molecule has 5 heteroatoms. The quantitative estimate of drug-likeness (QED) is 0.534. The first-order chi connectivity index (χ1) is 2.94. The lowest BCUT2D eigenvalue weighted by Crippen LogP contribution is -1.71. The fourth-order valence-corrected chi connectivity index (χ4v) is 0. The summed E-state index contributed by atoms with van der Waals surface area (Å²) in [4.78, 5) is 15.9. The topological polar surface area (TPSA) is 57.5 Å². The predicted octanol–water partition coefficient (Wildman–Crippen LogP) is 0.874. The van der Waals surface area contributed by atoms with E-state index in [9.17, 15) is 4.57 Å². The monoisotopic (exact) mass is 142 g/mol. The van der Waals surface area contributed by atoms with Gasteiger partial charge in [0.25, 0.3) is 0 Å². The van der Waals surface area contributed by atoms with E-state index in [-0.39, 0.29) is 0 Å². The Bertz CT molecular complexity index is 125. The highest BCUT2D eigenvalue weighted by Crippen LogP contribution is 2.45. The first kappa shape index (κ1) is 7.18. The zero-order valence-corrected chi connectivity index (χ0v) is 4.99. The summed E-state index contributed by atoms with van der Waals surface area (Å²) in [5.41, 5.74) is 0. The van der Waals surface area contributed by atoms with E-state index in [0.717, 1.165) is 0 Å². The Morgan fingerprint density at radius 1 is 1.71 bits per heavy atom. The van der Waals surface area contributed by atoms with Gasteiger partial charge in [0.15, 0.2) is 0 Å². The summed E-state index contributed by atoms with van der Waals surface area (Å²) in [6.07, 6.45) is 0. The largest absolute Gasteiger partial charge is 0.366 e. The summed E-state index contributed by atoms with van der Waals surface area (Å²) >= 11 is 4.80. The minimum absolute atomic E-state index is 0.618. The van der Waals surface area contributed by atoms with Crippen LogP contribution in [0.3, 0.4) is 0 Å². The smallest absolute Gasteiger partial charge is 0.320 e. The maximum Gasteiger partial charge on any atom is 0.366 e. The average Bonchev–Trinajstić information content (AvgIpc) is 1.31. The lowest BCUT2D eigenvalue weighted by Gasteiger charge is -1.95. The van der Waals surface area contributed by atoms with E-state index < -0.39 is 12.4 Å². The minimum Gasteiger partial charge on any atom is -0.320 e. The van der Waals surface area contributed by atoms with Crippen LogP contribution in [0.1, 0.15) is 0 Å². The van der Waals surface area contributed by atoms with E-state index >= 15 is 0 Å². The van der Waals surface area contributed by atoms with Gasteiger partial charge in [0.05, 0.1) is 0 Å². The molecule has 0 aromatic rings. The van der Waals surface area contributed by atoms with Gasteiger partial charge in [-0.3, -0.25) is 4.57 Å². The molecule has 0 aromatic heterocycles. The van der Waals surface area contributed by atoms with Gasteiger partial charge in [0.2, 0.25) is 0 Å².